The molecule has 0 spiro atoms. The maximum Gasteiger partial charge on any atom is 0.212 e. The van der Waals surface area contributed by atoms with E-state index in [0.29, 0.717) is 5.92 Å². The normalized spacial score (nSPS) is 14.7. The summed E-state index contributed by atoms with van der Waals surface area (Å²) >= 11 is 1.71. The van der Waals surface area contributed by atoms with E-state index in [1.165, 1.54) is 47.4 Å². The summed E-state index contributed by atoms with van der Waals surface area (Å²) in [5.41, 5.74) is 5.30. The highest BCUT2D eigenvalue weighted by molar-refractivity contribution is 7.16. The van der Waals surface area contributed by atoms with Crippen molar-refractivity contribution in [3.8, 4) is 11.3 Å². The first-order valence-electron chi connectivity index (χ1n) is 8.16. The Balaban J connectivity index is 1.67. The summed E-state index contributed by atoms with van der Waals surface area (Å²) in [5, 5.41) is 5.83. The predicted molar refractivity (Wildman–Crippen MR) is 91.5 cm³/mol. The minimum Gasteiger partial charge on any atom is -0.217 e. The van der Waals surface area contributed by atoms with Crippen molar-refractivity contribution in [2.75, 3.05) is 0 Å². The number of hydrogen-bond donors (Lipinski definition) is 0. The number of nitrogens with zero attached hydrogens (tertiary/aromatic N) is 3. The van der Waals surface area contributed by atoms with E-state index in [0.717, 1.165) is 17.1 Å². The van der Waals surface area contributed by atoms with Crippen molar-refractivity contribution in [3.05, 3.63) is 40.5 Å². The van der Waals surface area contributed by atoms with E-state index in [2.05, 4.69) is 43.3 Å². The average molecular weight is 311 g/mol. The SMILES string of the molecule is CC(C)Cc1nn2cc(-c3ccc4c(c3)CCCC4)nc2s1. The van der Waals surface area contributed by atoms with Crippen LogP contribution < -0.4 is 0 Å². The highest BCUT2D eigenvalue weighted by Crippen LogP contribution is 2.28. The molecular weight excluding hydrogens is 290 g/mol. The van der Waals surface area contributed by atoms with Gasteiger partial charge in [0, 0.05) is 12.0 Å². The zero-order valence-corrected chi connectivity index (χ0v) is 14.0. The average Bonchev–Trinajstić information content (AvgIpc) is 3.04. The van der Waals surface area contributed by atoms with E-state index in [4.69, 9.17) is 4.98 Å². The van der Waals surface area contributed by atoms with Gasteiger partial charge in [-0.25, -0.2) is 9.50 Å². The van der Waals surface area contributed by atoms with Crippen LogP contribution in [0.5, 0.6) is 0 Å². The third-order valence-electron chi connectivity index (χ3n) is 4.31. The molecular formula is C18H21N3S. The number of hydrogen-bond acceptors (Lipinski definition) is 3. The van der Waals surface area contributed by atoms with Gasteiger partial charge >= 0.3 is 0 Å². The Morgan fingerprint density at radius 3 is 2.77 bits per heavy atom. The summed E-state index contributed by atoms with van der Waals surface area (Å²) in [7, 11) is 0. The third-order valence-corrected chi connectivity index (χ3v) is 5.26. The smallest absolute Gasteiger partial charge is 0.212 e. The van der Waals surface area contributed by atoms with Gasteiger partial charge in [0.15, 0.2) is 0 Å². The maximum atomic E-state index is 4.78. The quantitative estimate of drug-likeness (QED) is 0.711. The fourth-order valence-corrected chi connectivity index (χ4v) is 4.29. The Hall–Kier alpha value is -1.68. The minimum absolute atomic E-state index is 0.635. The molecule has 0 amide bonds. The fraction of sp³-hybridized carbons (Fsp3) is 0.444. The summed E-state index contributed by atoms with van der Waals surface area (Å²) in [4.78, 5) is 5.78. The van der Waals surface area contributed by atoms with Crippen LogP contribution in [0.25, 0.3) is 16.2 Å². The van der Waals surface area contributed by atoms with Crippen molar-refractivity contribution >= 4 is 16.3 Å². The lowest BCUT2D eigenvalue weighted by atomic mass is 9.90. The summed E-state index contributed by atoms with van der Waals surface area (Å²) in [5.74, 6) is 0.635. The molecule has 0 saturated carbocycles. The topological polar surface area (TPSA) is 30.2 Å². The lowest BCUT2D eigenvalue weighted by molar-refractivity contribution is 0.637. The number of rotatable bonds is 3. The highest BCUT2D eigenvalue weighted by atomic mass is 32.1. The molecule has 4 heteroatoms. The van der Waals surface area contributed by atoms with Crippen LogP contribution in [0.2, 0.25) is 0 Å². The van der Waals surface area contributed by atoms with Crippen LogP contribution in [0.4, 0.5) is 0 Å². The van der Waals surface area contributed by atoms with E-state index in [-0.39, 0.29) is 0 Å². The van der Waals surface area contributed by atoms with Gasteiger partial charge in [-0.3, -0.25) is 0 Å². The molecule has 0 bridgehead atoms. The number of imidazole rings is 1. The van der Waals surface area contributed by atoms with Crippen LogP contribution in [0.3, 0.4) is 0 Å². The molecule has 0 saturated heterocycles. The first kappa shape index (κ1) is 13.9. The van der Waals surface area contributed by atoms with Crippen LogP contribution >= 0.6 is 11.3 Å². The molecule has 0 atom stereocenters. The second kappa shape index (κ2) is 5.51. The minimum atomic E-state index is 0.635. The van der Waals surface area contributed by atoms with Gasteiger partial charge in [0.1, 0.15) is 5.01 Å². The molecule has 1 aromatic carbocycles. The lowest BCUT2D eigenvalue weighted by Gasteiger charge is -2.15. The van der Waals surface area contributed by atoms with E-state index in [9.17, 15) is 0 Å². The van der Waals surface area contributed by atoms with Crippen molar-refractivity contribution in [1.29, 1.82) is 0 Å². The van der Waals surface area contributed by atoms with E-state index in [1.807, 2.05) is 4.52 Å². The van der Waals surface area contributed by atoms with Gasteiger partial charge in [-0.1, -0.05) is 37.3 Å². The fourth-order valence-electron chi connectivity index (χ4n) is 3.20. The molecule has 0 N–H and O–H groups in total. The number of aromatic nitrogens is 3. The Bertz CT molecular complexity index is 781. The second-order valence-corrected chi connectivity index (χ2v) is 7.68. The lowest BCUT2D eigenvalue weighted by Crippen LogP contribution is -2.02. The molecule has 0 aliphatic heterocycles. The molecule has 2 heterocycles. The van der Waals surface area contributed by atoms with Crippen LogP contribution in [0.15, 0.2) is 24.4 Å². The molecule has 0 radical (unpaired) electrons. The molecule has 0 unspecified atom stereocenters. The first-order chi connectivity index (χ1) is 10.7. The molecule has 114 valence electrons. The van der Waals surface area contributed by atoms with Gasteiger partial charge in [0.2, 0.25) is 4.96 Å². The maximum absolute atomic E-state index is 4.78. The summed E-state index contributed by atoms with van der Waals surface area (Å²) in [6, 6.07) is 6.83. The Morgan fingerprint density at radius 1 is 1.18 bits per heavy atom. The summed E-state index contributed by atoms with van der Waals surface area (Å²) in [6.45, 7) is 4.45. The van der Waals surface area contributed by atoms with Gasteiger partial charge in [0.05, 0.1) is 11.9 Å². The zero-order chi connectivity index (χ0) is 15.1. The van der Waals surface area contributed by atoms with E-state index < -0.39 is 0 Å². The van der Waals surface area contributed by atoms with Gasteiger partial charge in [0.25, 0.3) is 0 Å². The van der Waals surface area contributed by atoms with Crippen molar-refractivity contribution in [2.45, 2.75) is 46.0 Å². The van der Waals surface area contributed by atoms with Gasteiger partial charge < -0.3 is 0 Å². The van der Waals surface area contributed by atoms with Crippen molar-refractivity contribution in [1.82, 2.24) is 14.6 Å². The summed E-state index contributed by atoms with van der Waals surface area (Å²) in [6.07, 6.45) is 8.18. The van der Waals surface area contributed by atoms with Crippen LogP contribution in [0, 0.1) is 5.92 Å². The first-order valence-corrected chi connectivity index (χ1v) is 8.98. The molecule has 3 aromatic rings. The van der Waals surface area contributed by atoms with Crippen molar-refractivity contribution in [3.63, 3.8) is 0 Å². The largest absolute Gasteiger partial charge is 0.217 e. The van der Waals surface area contributed by atoms with E-state index in [1.54, 1.807) is 11.3 Å². The molecule has 0 fully saturated rings. The van der Waals surface area contributed by atoms with Gasteiger partial charge in [-0.2, -0.15) is 5.10 Å². The zero-order valence-electron chi connectivity index (χ0n) is 13.2. The predicted octanol–water partition coefficient (Wildman–Crippen LogP) is 4.54. The number of benzene rings is 1. The molecule has 1 aliphatic carbocycles. The standard InChI is InChI=1S/C18H21N3S/c1-12(2)9-17-20-21-11-16(19-18(21)22-17)15-8-7-13-5-3-4-6-14(13)10-15/h7-8,10-12H,3-6,9H2,1-2H3. The Morgan fingerprint density at radius 2 is 2.00 bits per heavy atom. The molecule has 1 aliphatic rings. The van der Waals surface area contributed by atoms with Crippen molar-refractivity contribution < 1.29 is 0 Å². The molecule has 2 aromatic heterocycles. The van der Waals surface area contributed by atoms with Crippen LogP contribution in [-0.4, -0.2) is 14.6 Å². The van der Waals surface area contributed by atoms with Gasteiger partial charge in [-0.05, 0) is 48.8 Å². The Labute approximate surface area is 135 Å². The van der Waals surface area contributed by atoms with Crippen LogP contribution in [0.1, 0.15) is 42.8 Å². The van der Waals surface area contributed by atoms with Crippen molar-refractivity contribution in [2.24, 2.45) is 5.92 Å². The Kier molecular flexibility index (Phi) is 3.49. The number of aryl methyl sites for hydroxylation is 2. The monoisotopic (exact) mass is 311 g/mol. The van der Waals surface area contributed by atoms with Crippen LogP contribution in [-0.2, 0) is 19.3 Å². The van der Waals surface area contributed by atoms with E-state index >= 15 is 0 Å². The molecule has 22 heavy (non-hydrogen) atoms. The van der Waals surface area contributed by atoms with Gasteiger partial charge in [-0.15, -0.1) is 0 Å². The number of fused-ring (bicyclic) bond motifs is 2. The molecule has 4 rings (SSSR count). The molecule has 3 nitrogen and oxygen atoms in total. The highest BCUT2D eigenvalue weighted by Gasteiger charge is 2.14. The second-order valence-electron chi connectivity index (χ2n) is 6.64. The summed E-state index contributed by atoms with van der Waals surface area (Å²) < 4.78 is 1.94. The third kappa shape index (κ3) is 2.56.